The zero-order valence-corrected chi connectivity index (χ0v) is 17.1. The lowest BCUT2D eigenvalue weighted by molar-refractivity contribution is 0.867. The van der Waals surface area contributed by atoms with Crippen molar-refractivity contribution in [3.8, 4) is 0 Å². The topological polar surface area (TPSA) is 40.2 Å². The molecule has 2 heterocycles. The molecular formula is C24H18ClN3S. The van der Waals surface area contributed by atoms with E-state index in [4.69, 9.17) is 28.8 Å². The third-order valence-corrected chi connectivity index (χ3v) is 5.83. The SMILES string of the molecule is S=C1Nc2ccc(Cl)cc2C(c2ccccc2)=NC1Cc1c[nH]c2ccccc12. The van der Waals surface area contributed by atoms with Crippen LogP contribution in [0.2, 0.25) is 5.02 Å². The van der Waals surface area contributed by atoms with Crippen LogP contribution in [0.5, 0.6) is 0 Å². The summed E-state index contributed by atoms with van der Waals surface area (Å²) in [5.41, 5.74) is 6.18. The summed E-state index contributed by atoms with van der Waals surface area (Å²) in [6, 6.07) is 24.1. The Morgan fingerprint density at radius 2 is 1.76 bits per heavy atom. The van der Waals surface area contributed by atoms with Gasteiger partial charge in [-0.25, -0.2) is 0 Å². The van der Waals surface area contributed by atoms with E-state index in [9.17, 15) is 0 Å². The number of nitrogens with zero attached hydrogens (tertiary/aromatic N) is 1. The van der Waals surface area contributed by atoms with Crippen molar-refractivity contribution in [1.82, 2.24) is 4.98 Å². The quantitative estimate of drug-likeness (QED) is 0.401. The fourth-order valence-corrected chi connectivity index (χ4v) is 4.21. The summed E-state index contributed by atoms with van der Waals surface area (Å²) in [7, 11) is 0. The van der Waals surface area contributed by atoms with Crippen molar-refractivity contribution in [3.05, 3.63) is 101 Å². The zero-order valence-electron chi connectivity index (χ0n) is 15.5. The molecule has 3 aromatic carbocycles. The molecule has 0 amide bonds. The van der Waals surface area contributed by atoms with Crippen molar-refractivity contribution >= 4 is 51.1 Å². The second-order valence-electron chi connectivity index (χ2n) is 7.10. The highest BCUT2D eigenvalue weighted by molar-refractivity contribution is 7.80. The summed E-state index contributed by atoms with van der Waals surface area (Å²) < 4.78 is 0. The van der Waals surface area contributed by atoms with Gasteiger partial charge in [0.15, 0.2) is 0 Å². The van der Waals surface area contributed by atoms with Crippen molar-refractivity contribution in [1.29, 1.82) is 0 Å². The Hall–Kier alpha value is -2.95. The average molecular weight is 416 g/mol. The number of anilines is 1. The molecule has 2 N–H and O–H groups in total. The van der Waals surface area contributed by atoms with Crippen LogP contribution in [-0.4, -0.2) is 21.7 Å². The van der Waals surface area contributed by atoms with Gasteiger partial charge in [0, 0.05) is 45.4 Å². The van der Waals surface area contributed by atoms with Gasteiger partial charge in [-0.15, -0.1) is 0 Å². The van der Waals surface area contributed by atoms with E-state index < -0.39 is 0 Å². The molecule has 1 atom stereocenters. The standard InChI is InChI=1S/C24H18ClN3S/c25-17-10-11-21-19(13-17)23(15-6-2-1-3-7-15)27-22(24(29)28-21)12-16-14-26-20-9-5-4-8-18(16)20/h1-11,13-14,22,26H,12H2,(H,28,29). The first-order valence-electron chi connectivity index (χ1n) is 9.48. The largest absolute Gasteiger partial charge is 0.361 e. The number of thiocarbonyl (C=S) groups is 1. The van der Waals surface area contributed by atoms with E-state index in [0.29, 0.717) is 16.4 Å². The molecule has 0 radical (unpaired) electrons. The Morgan fingerprint density at radius 3 is 2.62 bits per heavy atom. The van der Waals surface area contributed by atoms with Crippen LogP contribution in [0.15, 0.2) is 84.0 Å². The number of aromatic amines is 1. The van der Waals surface area contributed by atoms with E-state index in [1.165, 1.54) is 10.9 Å². The van der Waals surface area contributed by atoms with Gasteiger partial charge in [-0.05, 0) is 29.8 Å². The molecule has 4 aromatic rings. The molecule has 0 saturated heterocycles. The molecule has 1 aromatic heterocycles. The van der Waals surface area contributed by atoms with Gasteiger partial charge in [0.2, 0.25) is 0 Å². The number of H-pyrrole nitrogens is 1. The van der Waals surface area contributed by atoms with Crippen LogP contribution in [0.25, 0.3) is 10.9 Å². The van der Waals surface area contributed by atoms with Crippen LogP contribution < -0.4 is 5.32 Å². The van der Waals surface area contributed by atoms with E-state index in [1.807, 2.05) is 42.5 Å². The first-order chi connectivity index (χ1) is 14.2. The van der Waals surface area contributed by atoms with Crippen molar-refractivity contribution in [3.63, 3.8) is 0 Å². The fourth-order valence-electron chi connectivity index (χ4n) is 3.79. The number of hydrogen-bond donors (Lipinski definition) is 2. The van der Waals surface area contributed by atoms with Crippen molar-refractivity contribution < 1.29 is 0 Å². The first kappa shape index (κ1) is 18.1. The fraction of sp³-hybridized carbons (Fsp3) is 0.0833. The number of aliphatic imine (C=N–C) groups is 1. The van der Waals surface area contributed by atoms with E-state index in [-0.39, 0.29) is 6.04 Å². The normalized spacial score (nSPS) is 16.1. The van der Waals surface area contributed by atoms with E-state index in [1.54, 1.807) is 0 Å². The van der Waals surface area contributed by atoms with Crippen LogP contribution in [0.3, 0.4) is 0 Å². The van der Waals surface area contributed by atoms with Gasteiger partial charge in [0.1, 0.15) is 11.0 Å². The van der Waals surface area contributed by atoms with Gasteiger partial charge < -0.3 is 10.3 Å². The third-order valence-electron chi connectivity index (χ3n) is 5.22. The molecule has 1 aliphatic heterocycles. The van der Waals surface area contributed by atoms with Crippen LogP contribution >= 0.6 is 23.8 Å². The van der Waals surface area contributed by atoms with Crippen LogP contribution in [-0.2, 0) is 6.42 Å². The van der Waals surface area contributed by atoms with E-state index in [0.717, 1.165) is 28.0 Å². The maximum Gasteiger partial charge on any atom is 0.105 e. The minimum Gasteiger partial charge on any atom is -0.361 e. The zero-order chi connectivity index (χ0) is 19.8. The molecule has 3 nitrogen and oxygen atoms in total. The average Bonchev–Trinajstić information content (AvgIpc) is 3.10. The molecule has 5 heteroatoms. The van der Waals surface area contributed by atoms with Gasteiger partial charge in [0.05, 0.1) is 5.71 Å². The predicted octanol–water partition coefficient (Wildman–Crippen LogP) is 6.02. The summed E-state index contributed by atoms with van der Waals surface area (Å²) >= 11 is 12.1. The Bertz CT molecular complexity index is 1240. The molecule has 0 saturated carbocycles. The Balaban J connectivity index is 1.62. The van der Waals surface area contributed by atoms with E-state index >= 15 is 0 Å². The molecule has 29 heavy (non-hydrogen) atoms. The Kier molecular flexibility index (Phi) is 4.66. The Morgan fingerprint density at radius 1 is 0.966 bits per heavy atom. The van der Waals surface area contributed by atoms with Crippen molar-refractivity contribution in [2.75, 3.05) is 5.32 Å². The smallest absolute Gasteiger partial charge is 0.105 e. The molecular weight excluding hydrogens is 398 g/mol. The molecule has 142 valence electrons. The lowest BCUT2D eigenvalue weighted by atomic mass is 10.0. The van der Waals surface area contributed by atoms with Crippen LogP contribution in [0.1, 0.15) is 16.7 Å². The minimum atomic E-state index is -0.175. The van der Waals surface area contributed by atoms with Crippen molar-refractivity contribution in [2.24, 2.45) is 4.99 Å². The molecule has 0 spiro atoms. The summed E-state index contributed by atoms with van der Waals surface area (Å²) in [5, 5.41) is 5.29. The second-order valence-corrected chi connectivity index (χ2v) is 7.98. The predicted molar refractivity (Wildman–Crippen MR) is 126 cm³/mol. The number of nitrogens with one attached hydrogen (secondary N) is 2. The number of para-hydroxylation sites is 1. The molecule has 0 fully saturated rings. The van der Waals surface area contributed by atoms with Gasteiger partial charge in [-0.3, -0.25) is 4.99 Å². The number of rotatable bonds is 3. The van der Waals surface area contributed by atoms with Crippen LogP contribution in [0, 0.1) is 0 Å². The number of fused-ring (bicyclic) bond motifs is 2. The van der Waals surface area contributed by atoms with Gasteiger partial charge in [0.25, 0.3) is 0 Å². The highest BCUT2D eigenvalue weighted by atomic mass is 35.5. The van der Waals surface area contributed by atoms with Gasteiger partial charge >= 0.3 is 0 Å². The first-order valence-corrected chi connectivity index (χ1v) is 10.3. The maximum absolute atomic E-state index is 6.32. The number of aromatic nitrogens is 1. The molecule has 0 aliphatic carbocycles. The third kappa shape index (κ3) is 3.46. The minimum absolute atomic E-state index is 0.175. The number of halogens is 1. The van der Waals surface area contributed by atoms with Crippen LogP contribution in [0.4, 0.5) is 5.69 Å². The molecule has 0 bridgehead atoms. The second kappa shape index (κ2) is 7.47. The summed E-state index contributed by atoms with van der Waals surface area (Å²) in [6.07, 6.45) is 2.77. The summed E-state index contributed by atoms with van der Waals surface area (Å²) in [5.74, 6) is 0. The highest BCUT2D eigenvalue weighted by Gasteiger charge is 2.24. The highest BCUT2D eigenvalue weighted by Crippen LogP contribution is 2.29. The maximum atomic E-state index is 6.32. The van der Waals surface area contributed by atoms with Gasteiger partial charge in [-0.1, -0.05) is 72.3 Å². The Labute approximate surface area is 179 Å². The summed E-state index contributed by atoms with van der Waals surface area (Å²) in [6.45, 7) is 0. The monoisotopic (exact) mass is 415 g/mol. The molecule has 1 aliphatic rings. The van der Waals surface area contributed by atoms with Gasteiger partial charge in [-0.2, -0.15) is 0 Å². The van der Waals surface area contributed by atoms with E-state index in [2.05, 4.69) is 46.8 Å². The lowest BCUT2D eigenvalue weighted by Gasteiger charge is -2.13. The molecule has 1 unspecified atom stereocenters. The summed E-state index contributed by atoms with van der Waals surface area (Å²) in [4.78, 5) is 9.19. The van der Waals surface area contributed by atoms with Crippen molar-refractivity contribution in [2.45, 2.75) is 12.5 Å². The number of hydrogen-bond acceptors (Lipinski definition) is 2. The molecule has 5 rings (SSSR count). The lowest BCUT2D eigenvalue weighted by Crippen LogP contribution is -2.25. The number of benzene rings is 3. The number of benzodiazepines with no additional fused rings is 1.